The van der Waals surface area contributed by atoms with E-state index < -0.39 is 17.9 Å². The zero-order chi connectivity index (χ0) is 21.3. The van der Waals surface area contributed by atoms with E-state index in [1.54, 1.807) is 49.4 Å². The van der Waals surface area contributed by atoms with E-state index in [2.05, 4.69) is 20.7 Å². The van der Waals surface area contributed by atoms with Gasteiger partial charge in [-0.3, -0.25) is 4.79 Å². The number of amides is 1. The molecule has 9 heteroatoms. The number of carboxylic acid groups (broad SMARTS) is 1. The van der Waals surface area contributed by atoms with E-state index in [0.717, 1.165) is 0 Å². The second kappa shape index (κ2) is 7.70. The monoisotopic (exact) mass is 404 g/mol. The van der Waals surface area contributed by atoms with Crippen molar-refractivity contribution in [1.29, 1.82) is 0 Å². The molecule has 1 aliphatic rings. The lowest BCUT2D eigenvalue weighted by Gasteiger charge is -2.30. The van der Waals surface area contributed by atoms with Crippen molar-refractivity contribution in [3.8, 4) is 5.75 Å². The van der Waals surface area contributed by atoms with Gasteiger partial charge in [-0.25, -0.2) is 4.68 Å². The minimum Gasteiger partial charge on any atom is -0.545 e. The van der Waals surface area contributed by atoms with Gasteiger partial charge in [0.1, 0.15) is 18.1 Å². The Bertz CT molecular complexity index is 1170. The van der Waals surface area contributed by atoms with Crippen LogP contribution in [-0.2, 0) is 4.79 Å². The first-order valence-electron chi connectivity index (χ1n) is 9.13. The molecule has 0 saturated carbocycles. The molecule has 0 bridgehead atoms. The average molecular weight is 404 g/mol. The predicted molar refractivity (Wildman–Crippen MR) is 107 cm³/mol. The number of nitrogens with one attached hydrogen (secondary N) is 2. The van der Waals surface area contributed by atoms with Gasteiger partial charge in [0.15, 0.2) is 0 Å². The lowest BCUT2D eigenvalue weighted by atomic mass is 9.91. The number of benzene rings is 2. The molecule has 0 fully saturated rings. The fourth-order valence-corrected chi connectivity index (χ4v) is 3.53. The summed E-state index contributed by atoms with van der Waals surface area (Å²) in [5.41, 5.74) is 1.66. The minimum atomic E-state index is -1.34. The first kappa shape index (κ1) is 19.2. The number of nitrogens with zero attached hydrogens (tertiary/aromatic N) is 3. The van der Waals surface area contributed by atoms with Crippen molar-refractivity contribution >= 4 is 23.5 Å². The Balaban J connectivity index is 1.83. The van der Waals surface area contributed by atoms with Crippen LogP contribution in [0, 0.1) is 0 Å². The van der Waals surface area contributed by atoms with E-state index in [9.17, 15) is 14.7 Å². The largest absolute Gasteiger partial charge is 0.545 e. The third kappa shape index (κ3) is 3.26. The fourth-order valence-electron chi connectivity index (χ4n) is 3.53. The number of hydrogen-bond donors (Lipinski definition) is 2. The second-order valence-corrected chi connectivity index (χ2v) is 6.62. The molecule has 9 nitrogen and oxygen atoms in total. The fraction of sp³-hybridized carbons (Fsp3) is 0.143. The number of para-hydroxylation sites is 2. The first-order chi connectivity index (χ1) is 14.5. The maximum Gasteiger partial charge on any atom is 0.255 e. The van der Waals surface area contributed by atoms with E-state index in [1.165, 1.54) is 24.2 Å². The van der Waals surface area contributed by atoms with Crippen LogP contribution in [0.15, 0.2) is 66.1 Å². The zero-order valence-electron chi connectivity index (χ0n) is 16.2. The highest BCUT2D eigenvalue weighted by Crippen LogP contribution is 2.37. The third-order valence-corrected chi connectivity index (χ3v) is 4.87. The van der Waals surface area contributed by atoms with Gasteiger partial charge in [0.2, 0.25) is 5.95 Å². The summed E-state index contributed by atoms with van der Waals surface area (Å²) in [4.78, 5) is 29.3. The smallest absolute Gasteiger partial charge is 0.255 e. The molecule has 1 atom stereocenters. The Morgan fingerprint density at radius 3 is 2.67 bits per heavy atom. The van der Waals surface area contributed by atoms with Crippen molar-refractivity contribution < 1.29 is 19.4 Å². The van der Waals surface area contributed by atoms with Gasteiger partial charge in [0.05, 0.1) is 24.3 Å². The maximum absolute atomic E-state index is 13.4. The van der Waals surface area contributed by atoms with Crippen molar-refractivity contribution in [3.63, 3.8) is 0 Å². The number of hydrogen-bond acceptors (Lipinski definition) is 7. The highest BCUT2D eigenvalue weighted by molar-refractivity contribution is 6.07. The van der Waals surface area contributed by atoms with E-state index in [4.69, 9.17) is 4.74 Å². The molecule has 0 saturated heterocycles. The summed E-state index contributed by atoms with van der Waals surface area (Å²) in [5.74, 6) is -0.864. The van der Waals surface area contributed by atoms with Crippen LogP contribution in [0.1, 0.15) is 28.9 Å². The molecule has 1 aliphatic heterocycles. The lowest BCUT2D eigenvalue weighted by molar-refractivity contribution is -0.255. The van der Waals surface area contributed by atoms with Crippen molar-refractivity contribution in [1.82, 2.24) is 14.8 Å². The molecule has 30 heavy (non-hydrogen) atoms. The number of ether oxygens (including phenoxy) is 1. The summed E-state index contributed by atoms with van der Waals surface area (Å²) >= 11 is 0. The van der Waals surface area contributed by atoms with Crippen LogP contribution in [0.25, 0.3) is 0 Å². The topological polar surface area (TPSA) is 121 Å². The van der Waals surface area contributed by atoms with Crippen molar-refractivity contribution in [2.75, 3.05) is 17.7 Å². The normalized spacial score (nSPS) is 15.2. The van der Waals surface area contributed by atoms with E-state index in [0.29, 0.717) is 34.2 Å². The lowest BCUT2D eigenvalue weighted by Crippen LogP contribution is -2.33. The molecule has 2 heterocycles. The van der Waals surface area contributed by atoms with Gasteiger partial charge < -0.3 is 25.3 Å². The summed E-state index contributed by atoms with van der Waals surface area (Å²) in [6, 6.07) is 12.6. The summed E-state index contributed by atoms with van der Waals surface area (Å²) in [6.45, 7) is 1.73. The Kier molecular flexibility index (Phi) is 4.93. The summed E-state index contributed by atoms with van der Waals surface area (Å²) in [5, 5.41) is 21.8. The number of rotatable bonds is 5. The quantitative estimate of drug-likeness (QED) is 0.662. The van der Waals surface area contributed by atoms with Gasteiger partial charge in [-0.2, -0.15) is 10.1 Å². The molecule has 2 aromatic carbocycles. The number of aromatic nitrogens is 3. The Morgan fingerprint density at radius 2 is 1.90 bits per heavy atom. The SMILES string of the molecule is COc1ccccc1NC(=O)C1=C(C)Nc2ncnn2C1c1ccccc1C(=O)[O-]. The highest BCUT2D eigenvalue weighted by Gasteiger charge is 2.35. The van der Waals surface area contributed by atoms with Crippen molar-refractivity contribution in [2.24, 2.45) is 0 Å². The summed E-state index contributed by atoms with van der Waals surface area (Å²) in [7, 11) is 1.51. The number of carbonyl (C=O) groups excluding carboxylic acids is 2. The number of carboxylic acids is 1. The van der Waals surface area contributed by atoms with E-state index in [-0.39, 0.29) is 5.56 Å². The summed E-state index contributed by atoms with van der Waals surface area (Å²) < 4.78 is 6.78. The molecule has 3 aromatic rings. The highest BCUT2D eigenvalue weighted by atomic mass is 16.5. The molecule has 152 valence electrons. The molecule has 4 rings (SSSR count). The Hall–Kier alpha value is -4.14. The van der Waals surface area contributed by atoms with Gasteiger partial charge in [0.25, 0.3) is 5.91 Å². The van der Waals surface area contributed by atoms with Gasteiger partial charge in [-0.05, 0) is 24.6 Å². The minimum absolute atomic E-state index is 0.0266. The van der Waals surface area contributed by atoms with Crippen LogP contribution in [-0.4, -0.2) is 33.8 Å². The van der Waals surface area contributed by atoms with Crippen LogP contribution < -0.4 is 20.5 Å². The van der Waals surface area contributed by atoms with Crippen LogP contribution in [0.5, 0.6) is 5.75 Å². The van der Waals surface area contributed by atoms with Crippen LogP contribution >= 0.6 is 0 Å². The predicted octanol–water partition coefficient (Wildman–Crippen LogP) is 1.58. The molecule has 0 aliphatic carbocycles. The van der Waals surface area contributed by atoms with Crippen LogP contribution in [0.3, 0.4) is 0 Å². The average Bonchev–Trinajstić information content (AvgIpc) is 3.21. The first-order valence-corrected chi connectivity index (χ1v) is 9.13. The number of fused-ring (bicyclic) bond motifs is 1. The van der Waals surface area contributed by atoms with Gasteiger partial charge in [0, 0.05) is 11.3 Å². The molecule has 1 unspecified atom stereocenters. The van der Waals surface area contributed by atoms with Crippen molar-refractivity contribution in [3.05, 3.63) is 77.3 Å². The molecule has 1 aromatic heterocycles. The van der Waals surface area contributed by atoms with Crippen LogP contribution in [0.4, 0.5) is 11.6 Å². The molecule has 0 spiro atoms. The van der Waals surface area contributed by atoms with E-state index >= 15 is 0 Å². The maximum atomic E-state index is 13.4. The molecule has 0 radical (unpaired) electrons. The number of aromatic carboxylic acids is 1. The number of carbonyl (C=O) groups is 2. The zero-order valence-corrected chi connectivity index (χ0v) is 16.2. The summed E-state index contributed by atoms with van der Waals surface area (Å²) in [6.07, 6.45) is 1.34. The Morgan fingerprint density at radius 1 is 1.17 bits per heavy atom. The van der Waals surface area contributed by atoms with E-state index in [1.807, 2.05) is 0 Å². The molecular formula is C21H18N5O4-. The third-order valence-electron chi connectivity index (χ3n) is 4.87. The number of anilines is 2. The standard InChI is InChI=1S/C21H19N5O4/c1-12-17(19(27)25-15-9-5-6-10-16(15)30-2)18(26-21(24-12)22-11-23-26)13-7-3-4-8-14(13)20(28)29/h3-11,18H,1-2H3,(H,25,27)(H,28,29)(H,22,23,24)/p-1. The van der Waals surface area contributed by atoms with Gasteiger partial charge in [-0.15, -0.1) is 0 Å². The van der Waals surface area contributed by atoms with Crippen LogP contribution in [0.2, 0.25) is 0 Å². The number of methoxy groups -OCH3 is 1. The van der Waals surface area contributed by atoms with Gasteiger partial charge in [-0.1, -0.05) is 36.4 Å². The molecule has 1 amide bonds. The molecule has 2 N–H and O–H groups in total. The molecular weight excluding hydrogens is 386 g/mol. The van der Waals surface area contributed by atoms with Gasteiger partial charge >= 0.3 is 0 Å². The Labute approximate surface area is 172 Å². The second-order valence-electron chi connectivity index (χ2n) is 6.62. The van der Waals surface area contributed by atoms with Crippen molar-refractivity contribution in [2.45, 2.75) is 13.0 Å². The number of allylic oxidation sites excluding steroid dienone is 1.